The lowest BCUT2D eigenvalue weighted by atomic mass is 9.84. The summed E-state index contributed by atoms with van der Waals surface area (Å²) in [5, 5.41) is 0. The Morgan fingerprint density at radius 3 is 2.85 bits per heavy atom. The van der Waals surface area contributed by atoms with E-state index in [1.807, 2.05) is 29.2 Å². The van der Waals surface area contributed by atoms with Crippen LogP contribution in [0.1, 0.15) is 42.5 Å². The summed E-state index contributed by atoms with van der Waals surface area (Å²) in [6.07, 6.45) is 3.68. The summed E-state index contributed by atoms with van der Waals surface area (Å²) >= 11 is 0. The average Bonchev–Trinajstić information content (AvgIpc) is 3.32. The number of likely N-dealkylation sites (tertiary alicyclic amines) is 1. The van der Waals surface area contributed by atoms with Crippen molar-refractivity contribution in [3.05, 3.63) is 29.8 Å². The number of benzene rings is 1. The number of carbonyl (C=O) groups is 3. The number of carbonyl (C=O) groups excluding carboxylic acids is 3. The number of hydrogen-bond donors (Lipinski definition) is 1. The molecule has 142 valence electrons. The van der Waals surface area contributed by atoms with Crippen molar-refractivity contribution in [2.45, 2.75) is 37.7 Å². The Hall–Kier alpha value is -2.37. The van der Waals surface area contributed by atoms with Crippen LogP contribution in [-0.2, 0) is 9.59 Å². The van der Waals surface area contributed by atoms with E-state index in [2.05, 4.69) is 0 Å². The molecule has 1 saturated heterocycles. The van der Waals surface area contributed by atoms with Crippen molar-refractivity contribution in [2.75, 3.05) is 13.1 Å². The van der Waals surface area contributed by atoms with E-state index in [1.165, 1.54) is 0 Å². The van der Waals surface area contributed by atoms with E-state index in [0.717, 1.165) is 25.7 Å². The Morgan fingerprint density at radius 2 is 2.04 bits per heavy atom. The van der Waals surface area contributed by atoms with Crippen LogP contribution in [0.2, 0.25) is 0 Å². The van der Waals surface area contributed by atoms with Gasteiger partial charge in [0.2, 0.25) is 11.8 Å². The third-order valence-electron chi connectivity index (χ3n) is 7.06. The number of ketones is 1. The molecular weight excluding hydrogens is 344 g/mol. The average molecular weight is 368 g/mol. The van der Waals surface area contributed by atoms with Gasteiger partial charge >= 0.3 is 0 Å². The lowest BCUT2D eigenvalue weighted by Crippen LogP contribution is -2.47. The van der Waals surface area contributed by atoms with Crippen molar-refractivity contribution in [2.24, 2.45) is 29.4 Å². The van der Waals surface area contributed by atoms with Gasteiger partial charge in [0.1, 0.15) is 11.4 Å². The number of amides is 2. The molecule has 0 radical (unpaired) electrons. The monoisotopic (exact) mass is 368 g/mol. The third kappa shape index (κ3) is 2.49. The number of ether oxygens (including phenoxy) is 1. The van der Waals surface area contributed by atoms with Crippen molar-refractivity contribution >= 4 is 17.6 Å². The number of piperidine rings is 1. The van der Waals surface area contributed by atoms with Gasteiger partial charge in [0.05, 0.1) is 17.9 Å². The Balaban J connectivity index is 1.35. The second kappa shape index (κ2) is 5.81. The molecule has 2 saturated carbocycles. The van der Waals surface area contributed by atoms with E-state index in [-0.39, 0.29) is 35.4 Å². The lowest BCUT2D eigenvalue weighted by Gasteiger charge is -2.38. The van der Waals surface area contributed by atoms with Gasteiger partial charge in [0, 0.05) is 24.9 Å². The summed E-state index contributed by atoms with van der Waals surface area (Å²) in [7, 11) is 0. The SMILES string of the molecule is NC(=O)[C@H]1CCCN(C(=O)[C@@H]2[C@@H]3CC[C@@]4(CC(=O)c5ccccc5O4)[C@H]32)C1. The molecular formula is C21H24N2O4. The molecule has 27 heavy (non-hydrogen) atoms. The highest BCUT2D eigenvalue weighted by Gasteiger charge is 2.71. The number of hydrogen-bond acceptors (Lipinski definition) is 4. The second-order valence-electron chi connectivity index (χ2n) is 8.54. The molecule has 2 heterocycles. The zero-order valence-electron chi connectivity index (χ0n) is 15.2. The minimum Gasteiger partial charge on any atom is -0.486 e. The van der Waals surface area contributed by atoms with Gasteiger partial charge in [-0.3, -0.25) is 14.4 Å². The molecule has 2 aliphatic heterocycles. The highest BCUT2D eigenvalue weighted by atomic mass is 16.5. The molecule has 6 heteroatoms. The number of para-hydroxylation sites is 1. The quantitative estimate of drug-likeness (QED) is 0.861. The molecule has 2 amide bonds. The van der Waals surface area contributed by atoms with E-state index < -0.39 is 5.60 Å². The molecule has 3 fully saturated rings. The maximum absolute atomic E-state index is 13.1. The van der Waals surface area contributed by atoms with Gasteiger partial charge in [-0.15, -0.1) is 0 Å². The van der Waals surface area contributed by atoms with Crippen molar-refractivity contribution < 1.29 is 19.1 Å². The summed E-state index contributed by atoms with van der Waals surface area (Å²) < 4.78 is 6.37. The molecule has 5 atom stereocenters. The van der Waals surface area contributed by atoms with Crippen LogP contribution < -0.4 is 10.5 Å². The van der Waals surface area contributed by atoms with E-state index in [9.17, 15) is 14.4 Å². The molecule has 0 unspecified atom stereocenters. The smallest absolute Gasteiger partial charge is 0.226 e. The molecule has 0 aromatic heterocycles. The number of rotatable bonds is 2. The molecule has 2 N–H and O–H groups in total. The first-order valence-corrected chi connectivity index (χ1v) is 9.89. The number of fused-ring (bicyclic) bond motifs is 3. The van der Waals surface area contributed by atoms with Crippen molar-refractivity contribution in [1.82, 2.24) is 4.90 Å². The summed E-state index contributed by atoms with van der Waals surface area (Å²) in [6, 6.07) is 7.39. The van der Waals surface area contributed by atoms with Crippen LogP contribution in [0, 0.1) is 23.7 Å². The lowest BCUT2D eigenvalue weighted by molar-refractivity contribution is -0.137. The highest BCUT2D eigenvalue weighted by molar-refractivity contribution is 6.00. The molecule has 1 spiro atoms. The molecule has 2 aliphatic carbocycles. The number of nitrogens with zero attached hydrogens (tertiary/aromatic N) is 1. The summed E-state index contributed by atoms with van der Waals surface area (Å²) in [6.45, 7) is 1.12. The van der Waals surface area contributed by atoms with E-state index >= 15 is 0 Å². The Kier molecular flexibility index (Phi) is 3.61. The highest BCUT2D eigenvalue weighted by Crippen LogP contribution is 2.66. The molecule has 5 rings (SSSR count). The zero-order valence-corrected chi connectivity index (χ0v) is 15.2. The van der Waals surface area contributed by atoms with Crippen molar-refractivity contribution in [1.29, 1.82) is 0 Å². The predicted octanol–water partition coefficient (Wildman–Crippen LogP) is 1.77. The summed E-state index contributed by atoms with van der Waals surface area (Å²) in [5.74, 6) is 0.642. The standard InChI is InChI=1S/C21H24N2O4/c22-19(25)12-4-3-9-23(11-12)20(26)17-14-7-8-21(18(14)17)10-15(24)13-5-1-2-6-16(13)27-21/h1-2,5-6,12,14,17-18H,3-4,7-11H2,(H2,22,25)/t12-,14-,17+,18+,21+/m0/s1. The van der Waals surface area contributed by atoms with Crippen LogP contribution >= 0.6 is 0 Å². The van der Waals surface area contributed by atoms with E-state index in [4.69, 9.17) is 10.5 Å². The normalized spacial score (nSPS) is 36.7. The fourth-order valence-electron chi connectivity index (χ4n) is 5.72. The van der Waals surface area contributed by atoms with Crippen LogP contribution in [0.15, 0.2) is 24.3 Å². The molecule has 1 aromatic rings. The van der Waals surface area contributed by atoms with Gasteiger partial charge in [0.25, 0.3) is 0 Å². The largest absolute Gasteiger partial charge is 0.486 e. The Morgan fingerprint density at radius 1 is 1.22 bits per heavy atom. The predicted molar refractivity (Wildman–Crippen MR) is 97.0 cm³/mol. The van der Waals surface area contributed by atoms with Crippen LogP contribution in [0.4, 0.5) is 0 Å². The third-order valence-corrected chi connectivity index (χ3v) is 7.06. The summed E-state index contributed by atoms with van der Waals surface area (Å²) in [5.41, 5.74) is 5.57. The Labute approximate surface area is 158 Å². The van der Waals surface area contributed by atoms with E-state index in [0.29, 0.717) is 36.7 Å². The van der Waals surface area contributed by atoms with Crippen molar-refractivity contribution in [3.8, 4) is 5.75 Å². The van der Waals surface area contributed by atoms with Gasteiger partial charge in [-0.2, -0.15) is 0 Å². The van der Waals surface area contributed by atoms with Crippen LogP contribution in [0.25, 0.3) is 0 Å². The minimum absolute atomic E-state index is 0.0801. The molecule has 4 aliphatic rings. The Bertz CT molecular complexity index is 837. The van der Waals surface area contributed by atoms with Gasteiger partial charge in [0.15, 0.2) is 5.78 Å². The first-order chi connectivity index (χ1) is 13.0. The maximum Gasteiger partial charge on any atom is 0.226 e. The van der Waals surface area contributed by atoms with Crippen LogP contribution in [0.5, 0.6) is 5.75 Å². The first kappa shape index (κ1) is 16.8. The van der Waals surface area contributed by atoms with Crippen LogP contribution in [0.3, 0.4) is 0 Å². The minimum atomic E-state index is -0.532. The van der Waals surface area contributed by atoms with Gasteiger partial charge < -0.3 is 15.4 Å². The second-order valence-corrected chi connectivity index (χ2v) is 8.54. The zero-order chi connectivity index (χ0) is 18.8. The van der Waals surface area contributed by atoms with Gasteiger partial charge in [-0.1, -0.05) is 12.1 Å². The fourth-order valence-corrected chi connectivity index (χ4v) is 5.72. The van der Waals surface area contributed by atoms with Crippen LogP contribution in [-0.4, -0.2) is 41.2 Å². The molecule has 1 aromatic carbocycles. The topological polar surface area (TPSA) is 89.7 Å². The number of nitrogens with two attached hydrogens (primary N) is 1. The number of Topliss-reactive ketones (excluding diaryl/α,β-unsaturated/α-hetero) is 1. The first-order valence-electron chi connectivity index (χ1n) is 9.89. The molecule has 0 bridgehead atoms. The number of primary amides is 1. The van der Waals surface area contributed by atoms with E-state index in [1.54, 1.807) is 0 Å². The fraction of sp³-hybridized carbons (Fsp3) is 0.571. The summed E-state index contributed by atoms with van der Waals surface area (Å²) in [4.78, 5) is 39.1. The maximum atomic E-state index is 13.1. The van der Waals surface area contributed by atoms with Gasteiger partial charge in [-0.05, 0) is 43.7 Å². The van der Waals surface area contributed by atoms with Crippen molar-refractivity contribution in [3.63, 3.8) is 0 Å². The molecule has 6 nitrogen and oxygen atoms in total. The van der Waals surface area contributed by atoms with Gasteiger partial charge in [-0.25, -0.2) is 0 Å².